The summed E-state index contributed by atoms with van der Waals surface area (Å²) in [6.45, 7) is 2.25. The van der Waals surface area contributed by atoms with E-state index in [1.54, 1.807) is 6.92 Å². The minimum atomic E-state index is -0.521. The molecule has 0 bridgehead atoms. The van der Waals surface area contributed by atoms with E-state index in [0.717, 1.165) is 22.9 Å². The molecule has 1 saturated carbocycles. The number of carbonyl (C=O) groups excluding carboxylic acids is 1. The number of hydrogen-bond donors (Lipinski definition) is 2. The molecule has 0 unspecified atom stereocenters. The van der Waals surface area contributed by atoms with E-state index in [1.807, 2.05) is 29.2 Å². The van der Waals surface area contributed by atoms with Crippen LogP contribution in [0.3, 0.4) is 0 Å². The van der Waals surface area contributed by atoms with Crippen molar-refractivity contribution < 1.29 is 4.79 Å². The molecule has 0 aliphatic heterocycles. The second-order valence-corrected chi connectivity index (χ2v) is 7.31. The van der Waals surface area contributed by atoms with Crippen LogP contribution in [0.4, 0.5) is 0 Å². The number of aromatic amines is 2. The van der Waals surface area contributed by atoms with Crippen molar-refractivity contribution in [3.63, 3.8) is 0 Å². The highest BCUT2D eigenvalue weighted by molar-refractivity contribution is 9.10. The van der Waals surface area contributed by atoms with E-state index in [4.69, 9.17) is 0 Å². The van der Waals surface area contributed by atoms with Crippen molar-refractivity contribution in [3.05, 3.63) is 66.4 Å². The molecule has 1 aliphatic carbocycles. The van der Waals surface area contributed by atoms with Crippen LogP contribution in [0.25, 0.3) is 0 Å². The number of nitrogens with one attached hydrogen (secondary N) is 2. The Morgan fingerprint density at radius 2 is 2.04 bits per heavy atom. The van der Waals surface area contributed by atoms with Crippen LogP contribution in [0.2, 0.25) is 0 Å². The van der Waals surface area contributed by atoms with Crippen molar-refractivity contribution in [2.24, 2.45) is 0 Å². The van der Waals surface area contributed by atoms with Crippen LogP contribution in [-0.2, 0) is 17.8 Å². The molecule has 1 amide bonds. The summed E-state index contributed by atoms with van der Waals surface area (Å²) in [7, 11) is 0. The molecule has 0 atom stereocenters. The Bertz CT molecular complexity index is 899. The summed E-state index contributed by atoms with van der Waals surface area (Å²) >= 11 is 3.45. The summed E-state index contributed by atoms with van der Waals surface area (Å²) in [6, 6.07) is 8.22. The van der Waals surface area contributed by atoms with Gasteiger partial charge in [0, 0.05) is 34.7 Å². The first kappa shape index (κ1) is 17.7. The maximum atomic E-state index is 12.7. The second-order valence-electron chi connectivity index (χ2n) is 6.39. The van der Waals surface area contributed by atoms with Crippen molar-refractivity contribution in [1.29, 1.82) is 0 Å². The summed E-state index contributed by atoms with van der Waals surface area (Å²) in [6.07, 6.45) is 2.62. The zero-order valence-electron chi connectivity index (χ0n) is 14.0. The summed E-state index contributed by atoms with van der Waals surface area (Å²) < 4.78 is 0.989. The van der Waals surface area contributed by atoms with Gasteiger partial charge in [0.05, 0.1) is 0 Å². The third-order valence-corrected chi connectivity index (χ3v) is 4.89. The molecule has 0 radical (unpaired) electrons. The van der Waals surface area contributed by atoms with Crippen molar-refractivity contribution >= 4 is 21.8 Å². The van der Waals surface area contributed by atoms with Gasteiger partial charge in [0.2, 0.25) is 5.91 Å². The zero-order chi connectivity index (χ0) is 18.0. The number of rotatable bonds is 6. The van der Waals surface area contributed by atoms with E-state index in [1.165, 1.54) is 0 Å². The molecular weight excluding hydrogens is 386 g/mol. The quantitative estimate of drug-likeness (QED) is 0.772. The molecule has 7 heteroatoms. The fourth-order valence-electron chi connectivity index (χ4n) is 2.94. The highest BCUT2D eigenvalue weighted by Gasteiger charge is 2.32. The lowest BCUT2D eigenvalue weighted by Crippen LogP contribution is -2.34. The molecular formula is C18H20BrN3O3. The predicted molar refractivity (Wildman–Crippen MR) is 98.5 cm³/mol. The Kier molecular flexibility index (Phi) is 5.22. The number of halogens is 1. The average Bonchev–Trinajstić information content (AvgIpc) is 3.36. The maximum absolute atomic E-state index is 12.7. The molecule has 1 aliphatic rings. The number of carbonyl (C=O) groups is 1. The Labute approximate surface area is 153 Å². The molecule has 2 aromatic rings. The van der Waals surface area contributed by atoms with Gasteiger partial charge in [-0.2, -0.15) is 0 Å². The first-order valence-corrected chi connectivity index (χ1v) is 9.09. The molecule has 25 heavy (non-hydrogen) atoms. The number of hydrogen-bond acceptors (Lipinski definition) is 3. The van der Waals surface area contributed by atoms with E-state index < -0.39 is 11.2 Å². The van der Waals surface area contributed by atoms with E-state index in [0.29, 0.717) is 30.3 Å². The van der Waals surface area contributed by atoms with Crippen molar-refractivity contribution in [2.45, 2.75) is 45.2 Å². The van der Waals surface area contributed by atoms with Gasteiger partial charge in [0.1, 0.15) is 0 Å². The van der Waals surface area contributed by atoms with Gasteiger partial charge in [-0.15, -0.1) is 0 Å². The van der Waals surface area contributed by atoms with Crippen molar-refractivity contribution in [3.8, 4) is 0 Å². The van der Waals surface area contributed by atoms with Gasteiger partial charge >= 0.3 is 5.69 Å². The van der Waals surface area contributed by atoms with Gasteiger partial charge in [-0.1, -0.05) is 28.1 Å². The number of aromatic nitrogens is 2. The molecule has 6 nitrogen and oxygen atoms in total. The van der Waals surface area contributed by atoms with Crippen LogP contribution in [-0.4, -0.2) is 26.8 Å². The molecule has 132 valence electrons. The lowest BCUT2D eigenvalue weighted by Gasteiger charge is -2.23. The minimum Gasteiger partial charge on any atom is -0.335 e. The number of benzene rings is 1. The molecule has 3 rings (SSSR count). The molecule has 1 aromatic carbocycles. The Hall–Kier alpha value is -2.15. The molecule has 1 heterocycles. The fourth-order valence-corrected chi connectivity index (χ4v) is 3.39. The predicted octanol–water partition coefficient (Wildman–Crippen LogP) is 2.26. The van der Waals surface area contributed by atoms with Gasteiger partial charge in [-0.05, 0) is 43.9 Å². The monoisotopic (exact) mass is 405 g/mol. The minimum absolute atomic E-state index is 0.0347. The van der Waals surface area contributed by atoms with E-state index in [2.05, 4.69) is 25.9 Å². The number of amides is 1. The first-order valence-electron chi connectivity index (χ1n) is 8.30. The summed E-state index contributed by atoms with van der Waals surface area (Å²) in [5, 5.41) is 0. The summed E-state index contributed by atoms with van der Waals surface area (Å²) in [5.74, 6) is 0.0347. The fraction of sp³-hybridized carbons (Fsp3) is 0.389. The normalized spacial score (nSPS) is 13.7. The smallest absolute Gasteiger partial charge is 0.325 e. The van der Waals surface area contributed by atoms with E-state index in [9.17, 15) is 14.4 Å². The van der Waals surface area contributed by atoms with Gasteiger partial charge in [-0.3, -0.25) is 14.6 Å². The van der Waals surface area contributed by atoms with Crippen LogP contribution in [0.5, 0.6) is 0 Å². The summed E-state index contributed by atoms with van der Waals surface area (Å²) in [4.78, 5) is 42.6. The van der Waals surface area contributed by atoms with Gasteiger partial charge in [-0.25, -0.2) is 4.79 Å². The number of H-pyrrole nitrogens is 2. The highest BCUT2D eigenvalue weighted by Crippen LogP contribution is 2.29. The Morgan fingerprint density at radius 1 is 1.28 bits per heavy atom. The molecule has 1 aromatic heterocycles. The largest absolute Gasteiger partial charge is 0.335 e. The lowest BCUT2D eigenvalue weighted by atomic mass is 10.1. The first-order chi connectivity index (χ1) is 11.9. The van der Waals surface area contributed by atoms with Crippen LogP contribution >= 0.6 is 15.9 Å². The number of nitrogens with zero attached hydrogens (tertiary/aromatic N) is 1. The van der Waals surface area contributed by atoms with Gasteiger partial charge in [0.15, 0.2) is 0 Å². The average molecular weight is 406 g/mol. The van der Waals surface area contributed by atoms with Gasteiger partial charge < -0.3 is 9.88 Å². The topological polar surface area (TPSA) is 86.0 Å². The van der Waals surface area contributed by atoms with Crippen molar-refractivity contribution in [2.75, 3.05) is 0 Å². The van der Waals surface area contributed by atoms with Crippen LogP contribution in [0, 0.1) is 6.92 Å². The zero-order valence-corrected chi connectivity index (χ0v) is 15.6. The molecule has 0 spiro atoms. The van der Waals surface area contributed by atoms with Crippen molar-refractivity contribution in [1.82, 2.24) is 14.9 Å². The Balaban J connectivity index is 1.70. The molecule has 0 saturated heterocycles. The second kappa shape index (κ2) is 7.39. The SMILES string of the molecule is Cc1[nH]c(=O)[nH]c(=O)c1CCC(=O)N(Cc1cccc(Br)c1)C1CC1. The van der Waals surface area contributed by atoms with Crippen LogP contribution in [0.1, 0.15) is 36.1 Å². The Morgan fingerprint density at radius 3 is 2.68 bits per heavy atom. The van der Waals surface area contributed by atoms with Gasteiger partial charge in [0.25, 0.3) is 5.56 Å². The molecule has 2 N–H and O–H groups in total. The third-order valence-electron chi connectivity index (χ3n) is 4.39. The van der Waals surface area contributed by atoms with Crippen LogP contribution < -0.4 is 11.2 Å². The maximum Gasteiger partial charge on any atom is 0.325 e. The third kappa shape index (κ3) is 4.48. The van der Waals surface area contributed by atoms with E-state index >= 15 is 0 Å². The standard InChI is InChI=1S/C18H20BrN3O3/c1-11-15(17(24)21-18(25)20-11)7-8-16(23)22(14-5-6-14)10-12-3-2-4-13(19)9-12/h2-4,9,14H,5-8,10H2,1H3,(H2,20,21,24,25). The van der Waals surface area contributed by atoms with E-state index in [-0.39, 0.29) is 12.3 Å². The summed E-state index contributed by atoms with van der Waals surface area (Å²) in [5.41, 5.74) is 1.12. The molecule has 1 fully saturated rings. The van der Waals surface area contributed by atoms with Crippen LogP contribution in [0.15, 0.2) is 38.3 Å². The number of aryl methyl sites for hydroxylation is 1. The highest BCUT2D eigenvalue weighted by atomic mass is 79.9. The lowest BCUT2D eigenvalue weighted by molar-refractivity contribution is -0.132.